The largest absolute Gasteiger partial charge is 0.352 e. The van der Waals surface area contributed by atoms with Crippen molar-refractivity contribution in [2.24, 2.45) is 5.92 Å². The Bertz CT molecular complexity index is 473. The van der Waals surface area contributed by atoms with Gasteiger partial charge in [-0.25, -0.2) is 4.39 Å². The molecule has 0 radical (unpaired) electrons. The number of nitrogens with one attached hydrogen (secondary N) is 1. The van der Waals surface area contributed by atoms with Crippen LogP contribution in [0.5, 0.6) is 0 Å². The number of likely N-dealkylation sites (tertiary alicyclic amines) is 1. The first-order valence-electron chi connectivity index (χ1n) is 7.05. The van der Waals surface area contributed by atoms with E-state index in [2.05, 4.69) is 33.1 Å². The van der Waals surface area contributed by atoms with Gasteiger partial charge in [0.05, 0.1) is 5.56 Å². The van der Waals surface area contributed by atoms with Gasteiger partial charge in [-0.05, 0) is 72.5 Å². The van der Waals surface area contributed by atoms with Crippen molar-refractivity contribution in [3.8, 4) is 0 Å². The minimum Gasteiger partial charge on any atom is -0.352 e. The summed E-state index contributed by atoms with van der Waals surface area (Å²) in [4.78, 5) is 14.5. The van der Waals surface area contributed by atoms with Crippen molar-refractivity contribution < 1.29 is 9.18 Å². The molecule has 0 aliphatic carbocycles. The van der Waals surface area contributed by atoms with Gasteiger partial charge in [0.25, 0.3) is 5.91 Å². The maximum Gasteiger partial charge on any atom is 0.252 e. The van der Waals surface area contributed by atoms with Gasteiger partial charge in [-0.15, -0.1) is 0 Å². The van der Waals surface area contributed by atoms with Gasteiger partial charge in [0, 0.05) is 11.0 Å². The summed E-state index contributed by atoms with van der Waals surface area (Å²) in [7, 11) is 0. The molecule has 20 heavy (non-hydrogen) atoms. The highest BCUT2D eigenvalue weighted by molar-refractivity contribution is 9.10. The molecular weight excluding hydrogens is 323 g/mol. The molecule has 1 aromatic carbocycles. The van der Waals surface area contributed by atoms with E-state index in [0.29, 0.717) is 22.5 Å². The molecule has 1 saturated heterocycles. The number of halogens is 2. The number of carbonyl (C=O) groups excluding carboxylic acids is 1. The van der Waals surface area contributed by atoms with Crippen molar-refractivity contribution in [2.75, 3.05) is 26.2 Å². The molecule has 0 aromatic heterocycles. The quantitative estimate of drug-likeness (QED) is 0.911. The Morgan fingerprint density at radius 3 is 2.75 bits per heavy atom. The summed E-state index contributed by atoms with van der Waals surface area (Å²) in [5, 5.41) is 2.95. The van der Waals surface area contributed by atoms with Crippen LogP contribution in [0.3, 0.4) is 0 Å². The third-order valence-corrected chi connectivity index (χ3v) is 4.54. The van der Waals surface area contributed by atoms with Gasteiger partial charge >= 0.3 is 0 Å². The van der Waals surface area contributed by atoms with E-state index in [9.17, 15) is 9.18 Å². The molecule has 1 aromatic rings. The SMILES string of the molecule is CCN1CCC(CNC(=O)c2ccc(F)cc2Br)CC1. The Balaban J connectivity index is 1.83. The summed E-state index contributed by atoms with van der Waals surface area (Å²) in [6, 6.07) is 4.13. The topological polar surface area (TPSA) is 32.3 Å². The number of rotatable bonds is 4. The summed E-state index contributed by atoms with van der Waals surface area (Å²) in [5.41, 5.74) is 0.484. The lowest BCUT2D eigenvalue weighted by Crippen LogP contribution is -2.38. The second-order valence-corrected chi connectivity index (χ2v) is 6.07. The summed E-state index contributed by atoms with van der Waals surface area (Å²) >= 11 is 3.22. The first-order valence-corrected chi connectivity index (χ1v) is 7.85. The molecule has 0 spiro atoms. The van der Waals surface area contributed by atoms with E-state index in [1.165, 1.54) is 18.2 Å². The maximum atomic E-state index is 13.0. The van der Waals surface area contributed by atoms with Crippen LogP contribution in [0.25, 0.3) is 0 Å². The molecule has 0 saturated carbocycles. The number of benzene rings is 1. The minimum atomic E-state index is -0.347. The molecule has 1 aliphatic rings. The van der Waals surface area contributed by atoms with Gasteiger partial charge < -0.3 is 10.2 Å². The first kappa shape index (κ1) is 15.4. The van der Waals surface area contributed by atoms with Crippen LogP contribution in [0.2, 0.25) is 0 Å². The Hall–Kier alpha value is -0.940. The van der Waals surface area contributed by atoms with Crippen LogP contribution in [-0.2, 0) is 0 Å². The Morgan fingerprint density at radius 1 is 1.45 bits per heavy atom. The molecule has 3 nitrogen and oxygen atoms in total. The smallest absolute Gasteiger partial charge is 0.252 e. The average Bonchev–Trinajstić information content (AvgIpc) is 2.45. The third kappa shape index (κ3) is 4.03. The second kappa shape index (κ2) is 7.18. The van der Waals surface area contributed by atoms with Crippen LogP contribution in [0.1, 0.15) is 30.1 Å². The van der Waals surface area contributed by atoms with Crippen LogP contribution in [0.15, 0.2) is 22.7 Å². The first-order chi connectivity index (χ1) is 9.60. The van der Waals surface area contributed by atoms with Gasteiger partial charge in [-0.3, -0.25) is 4.79 Å². The second-order valence-electron chi connectivity index (χ2n) is 5.21. The Morgan fingerprint density at radius 2 is 2.15 bits per heavy atom. The standard InChI is InChI=1S/C15H20BrFN2O/c1-2-19-7-5-11(6-8-19)10-18-15(20)13-4-3-12(17)9-14(13)16/h3-4,9,11H,2,5-8,10H2,1H3,(H,18,20). The molecule has 0 unspecified atom stereocenters. The van der Waals surface area contributed by atoms with Crippen LogP contribution < -0.4 is 5.32 Å². The van der Waals surface area contributed by atoms with Crippen LogP contribution in [-0.4, -0.2) is 37.0 Å². The molecular formula is C15H20BrFN2O. The van der Waals surface area contributed by atoms with E-state index in [-0.39, 0.29) is 11.7 Å². The van der Waals surface area contributed by atoms with Crippen molar-refractivity contribution in [3.63, 3.8) is 0 Å². The van der Waals surface area contributed by atoms with Gasteiger partial charge in [0.2, 0.25) is 0 Å². The van der Waals surface area contributed by atoms with Gasteiger partial charge in [-0.1, -0.05) is 6.92 Å². The van der Waals surface area contributed by atoms with E-state index in [1.807, 2.05) is 0 Å². The lowest BCUT2D eigenvalue weighted by atomic mass is 9.97. The predicted molar refractivity (Wildman–Crippen MR) is 81.3 cm³/mol. The van der Waals surface area contributed by atoms with Crippen LogP contribution in [0, 0.1) is 11.7 Å². The van der Waals surface area contributed by atoms with Gasteiger partial charge in [0.15, 0.2) is 0 Å². The highest BCUT2D eigenvalue weighted by Crippen LogP contribution is 2.19. The fourth-order valence-electron chi connectivity index (χ4n) is 2.51. The molecule has 2 rings (SSSR count). The molecule has 1 aliphatic heterocycles. The van der Waals surface area contributed by atoms with E-state index in [1.54, 1.807) is 0 Å². The molecule has 110 valence electrons. The van der Waals surface area contributed by atoms with E-state index >= 15 is 0 Å². The van der Waals surface area contributed by atoms with Crippen molar-refractivity contribution in [1.29, 1.82) is 0 Å². The maximum absolute atomic E-state index is 13.0. The molecule has 1 heterocycles. The Kier molecular flexibility index (Phi) is 5.54. The van der Waals surface area contributed by atoms with Crippen molar-refractivity contribution >= 4 is 21.8 Å². The lowest BCUT2D eigenvalue weighted by Gasteiger charge is -2.31. The number of amides is 1. The highest BCUT2D eigenvalue weighted by Gasteiger charge is 2.19. The number of carbonyl (C=O) groups is 1. The molecule has 1 N–H and O–H groups in total. The molecule has 5 heteroatoms. The number of piperidine rings is 1. The monoisotopic (exact) mass is 342 g/mol. The van der Waals surface area contributed by atoms with Crippen molar-refractivity contribution in [2.45, 2.75) is 19.8 Å². The Labute approximate surface area is 127 Å². The third-order valence-electron chi connectivity index (χ3n) is 3.88. The lowest BCUT2D eigenvalue weighted by molar-refractivity contribution is 0.0936. The zero-order valence-electron chi connectivity index (χ0n) is 11.7. The fourth-order valence-corrected chi connectivity index (χ4v) is 3.04. The summed E-state index contributed by atoms with van der Waals surface area (Å²) < 4.78 is 13.5. The minimum absolute atomic E-state index is 0.144. The van der Waals surface area contributed by atoms with Crippen LogP contribution >= 0.6 is 15.9 Å². The van der Waals surface area contributed by atoms with E-state index < -0.39 is 0 Å². The van der Waals surface area contributed by atoms with Crippen LogP contribution in [0.4, 0.5) is 4.39 Å². The summed E-state index contributed by atoms with van der Waals surface area (Å²) in [5.74, 6) is 0.0520. The highest BCUT2D eigenvalue weighted by atomic mass is 79.9. The van der Waals surface area contributed by atoms with Gasteiger partial charge in [-0.2, -0.15) is 0 Å². The van der Waals surface area contributed by atoms with Gasteiger partial charge in [0.1, 0.15) is 5.82 Å². The normalized spacial score (nSPS) is 17.1. The zero-order valence-corrected chi connectivity index (χ0v) is 13.2. The summed E-state index contributed by atoms with van der Waals surface area (Å²) in [6.07, 6.45) is 2.25. The zero-order chi connectivity index (χ0) is 14.5. The van der Waals surface area contributed by atoms with Crippen molar-refractivity contribution in [1.82, 2.24) is 10.2 Å². The number of hydrogen-bond donors (Lipinski definition) is 1. The fraction of sp³-hybridized carbons (Fsp3) is 0.533. The average molecular weight is 343 g/mol. The number of hydrogen-bond acceptors (Lipinski definition) is 2. The van der Waals surface area contributed by atoms with Crippen molar-refractivity contribution in [3.05, 3.63) is 34.1 Å². The molecule has 1 amide bonds. The predicted octanol–water partition coefficient (Wildman–Crippen LogP) is 3.05. The number of nitrogens with zero attached hydrogens (tertiary/aromatic N) is 1. The van der Waals surface area contributed by atoms with E-state index in [0.717, 1.165) is 32.5 Å². The van der Waals surface area contributed by atoms with E-state index in [4.69, 9.17) is 0 Å². The summed E-state index contributed by atoms with van der Waals surface area (Å²) in [6.45, 7) is 6.19. The molecule has 1 fully saturated rings. The molecule has 0 bridgehead atoms. The molecule has 0 atom stereocenters.